The van der Waals surface area contributed by atoms with E-state index in [4.69, 9.17) is 16.3 Å². The first kappa shape index (κ1) is 19.7. The van der Waals surface area contributed by atoms with E-state index in [9.17, 15) is 0 Å². The highest BCUT2D eigenvalue weighted by Gasteiger charge is 2.10. The van der Waals surface area contributed by atoms with Gasteiger partial charge >= 0.3 is 0 Å². The molecule has 146 valence electrons. The molecule has 8 heteroatoms. The summed E-state index contributed by atoms with van der Waals surface area (Å²) in [6.45, 7) is 1.58. The van der Waals surface area contributed by atoms with Crippen LogP contribution in [0.15, 0.2) is 59.9 Å². The predicted molar refractivity (Wildman–Crippen MR) is 112 cm³/mol. The Balaban J connectivity index is 1.49. The van der Waals surface area contributed by atoms with Gasteiger partial charge in [0.2, 0.25) is 5.88 Å². The number of pyridine rings is 1. The van der Waals surface area contributed by atoms with Crippen molar-refractivity contribution in [3.63, 3.8) is 0 Å². The predicted octanol–water partition coefficient (Wildman–Crippen LogP) is 3.21. The van der Waals surface area contributed by atoms with E-state index < -0.39 is 0 Å². The zero-order valence-corrected chi connectivity index (χ0v) is 16.6. The summed E-state index contributed by atoms with van der Waals surface area (Å²) < 4.78 is 5.58. The lowest BCUT2D eigenvalue weighted by Crippen LogP contribution is -2.40. The molecule has 0 saturated carbocycles. The Kier molecular flexibility index (Phi) is 6.86. The van der Waals surface area contributed by atoms with Crippen molar-refractivity contribution < 1.29 is 4.74 Å². The molecule has 3 aromatic rings. The van der Waals surface area contributed by atoms with E-state index in [-0.39, 0.29) is 0 Å². The molecule has 2 heterocycles. The Morgan fingerprint density at radius 1 is 1.21 bits per heavy atom. The number of ether oxygens (including phenoxy) is 1. The van der Waals surface area contributed by atoms with Gasteiger partial charge in [-0.05, 0) is 17.7 Å². The molecule has 0 radical (unpaired) electrons. The second kappa shape index (κ2) is 9.75. The van der Waals surface area contributed by atoms with E-state index in [0.717, 1.165) is 23.0 Å². The number of hydrogen-bond donors (Lipinski definition) is 2. The van der Waals surface area contributed by atoms with Crippen molar-refractivity contribution in [3.8, 4) is 17.1 Å². The van der Waals surface area contributed by atoms with E-state index in [2.05, 4.69) is 37.4 Å². The zero-order chi connectivity index (χ0) is 19.8. The summed E-state index contributed by atoms with van der Waals surface area (Å²) in [4.78, 5) is 18.2. The molecule has 0 saturated heterocycles. The lowest BCUT2D eigenvalue weighted by atomic mass is 10.2. The minimum absolute atomic E-state index is 0.419. The number of imidazole rings is 1. The molecular weight excluding hydrogens is 376 g/mol. The average molecular weight is 399 g/mol. The maximum atomic E-state index is 6.03. The summed E-state index contributed by atoms with van der Waals surface area (Å²) in [5, 5.41) is 3.75. The molecule has 0 aliphatic rings. The van der Waals surface area contributed by atoms with Gasteiger partial charge in [-0.2, -0.15) is 0 Å². The van der Waals surface area contributed by atoms with Gasteiger partial charge in [0, 0.05) is 20.3 Å². The zero-order valence-electron chi connectivity index (χ0n) is 15.9. The third-order valence-corrected chi connectivity index (χ3v) is 4.31. The Morgan fingerprint density at radius 2 is 2.04 bits per heavy atom. The fraction of sp³-hybridized carbons (Fsp3) is 0.250. The van der Waals surface area contributed by atoms with Crippen molar-refractivity contribution in [3.05, 3.63) is 65.7 Å². The van der Waals surface area contributed by atoms with Gasteiger partial charge in [0.25, 0.3) is 0 Å². The van der Waals surface area contributed by atoms with E-state index in [0.29, 0.717) is 30.6 Å². The van der Waals surface area contributed by atoms with Crippen LogP contribution in [0.4, 0.5) is 0 Å². The number of benzene rings is 1. The molecule has 28 heavy (non-hydrogen) atoms. The van der Waals surface area contributed by atoms with Crippen LogP contribution in [0.5, 0.6) is 5.88 Å². The topological polar surface area (TPSA) is 78.4 Å². The van der Waals surface area contributed by atoms with Crippen molar-refractivity contribution in [2.45, 2.75) is 6.54 Å². The van der Waals surface area contributed by atoms with E-state index in [1.54, 1.807) is 25.4 Å². The van der Waals surface area contributed by atoms with Crippen LogP contribution in [0, 0.1) is 0 Å². The second-order valence-electron chi connectivity index (χ2n) is 6.08. The first-order valence-electron chi connectivity index (χ1n) is 8.92. The van der Waals surface area contributed by atoms with Crippen LogP contribution in [-0.4, -0.2) is 53.1 Å². The number of aliphatic imine (C=N–C) groups is 1. The van der Waals surface area contributed by atoms with Crippen molar-refractivity contribution >= 4 is 17.6 Å². The highest BCUT2D eigenvalue weighted by Crippen LogP contribution is 2.19. The number of rotatable bonds is 7. The van der Waals surface area contributed by atoms with Crippen LogP contribution in [0.25, 0.3) is 11.3 Å². The number of aromatic amines is 1. The molecule has 0 atom stereocenters. The van der Waals surface area contributed by atoms with Gasteiger partial charge < -0.3 is 19.9 Å². The van der Waals surface area contributed by atoms with Crippen LogP contribution in [-0.2, 0) is 6.54 Å². The maximum absolute atomic E-state index is 6.03. The summed E-state index contributed by atoms with van der Waals surface area (Å²) in [5.41, 5.74) is 2.10. The SMILES string of the molecule is CN=C(NCCOc1ncccc1Cl)N(C)Cc1ncc(-c2ccccc2)[nH]1. The molecule has 0 amide bonds. The summed E-state index contributed by atoms with van der Waals surface area (Å²) in [6.07, 6.45) is 3.49. The summed E-state index contributed by atoms with van der Waals surface area (Å²) in [7, 11) is 3.70. The van der Waals surface area contributed by atoms with Crippen molar-refractivity contribution in [1.82, 2.24) is 25.2 Å². The van der Waals surface area contributed by atoms with Gasteiger partial charge in [0.15, 0.2) is 5.96 Å². The minimum Gasteiger partial charge on any atom is -0.475 e. The summed E-state index contributed by atoms with van der Waals surface area (Å²) in [6, 6.07) is 13.6. The molecule has 2 N–H and O–H groups in total. The van der Waals surface area contributed by atoms with E-state index in [1.165, 1.54) is 0 Å². The van der Waals surface area contributed by atoms with Crippen molar-refractivity contribution in [2.24, 2.45) is 4.99 Å². The Hall–Kier alpha value is -3.06. The standard InChI is InChI=1S/C20H23ClN6O/c1-22-20(24-11-12-28-19-16(21)9-6-10-23-19)27(2)14-18-25-13-17(26-18)15-7-4-3-5-8-15/h3-10,13H,11-12,14H2,1-2H3,(H,22,24)(H,25,26). The van der Waals surface area contributed by atoms with Crippen LogP contribution < -0.4 is 10.1 Å². The second-order valence-corrected chi connectivity index (χ2v) is 6.49. The Labute approximate surface area is 169 Å². The Bertz CT molecular complexity index is 912. The molecule has 7 nitrogen and oxygen atoms in total. The summed E-state index contributed by atoms with van der Waals surface area (Å²) in [5.74, 6) is 2.03. The maximum Gasteiger partial charge on any atom is 0.232 e. The molecule has 0 aliphatic carbocycles. The van der Waals surface area contributed by atoms with Crippen molar-refractivity contribution in [1.29, 1.82) is 0 Å². The fourth-order valence-corrected chi connectivity index (χ4v) is 2.86. The normalized spacial score (nSPS) is 11.3. The quantitative estimate of drug-likeness (QED) is 0.363. The molecular formula is C20H23ClN6O. The number of guanidine groups is 1. The molecule has 3 rings (SSSR count). The van der Waals surface area contributed by atoms with E-state index >= 15 is 0 Å². The van der Waals surface area contributed by atoms with Gasteiger partial charge in [0.05, 0.1) is 25.0 Å². The lowest BCUT2D eigenvalue weighted by Gasteiger charge is -2.21. The highest BCUT2D eigenvalue weighted by molar-refractivity contribution is 6.31. The molecule has 0 bridgehead atoms. The first-order chi connectivity index (χ1) is 13.7. The van der Waals surface area contributed by atoms with Gasteiger partial charge in [-0.15, -0.1) is 0 Å². The molecule has 2 aromatic heterocycles. The van der Waals surface area contributed by atoms with Gasteiger partial charge in [0.1, 0.15) is 17.5 Å². The van der Waals surface area contributed by atoms with Crippen LogP contribution in [0.2, 0.25) is 5.02 Å². The average Bonchev–Trinajstić information content (AvgIpc) is 3.18. The van der Waals surface area contributed by atoms with Crippen LogP contribution in [0.1, 0.15) is 5.82 Å². The molecule has 1 aromatic carbocycles. The number of aromatic nitrogens is 3. The number of nitrogens with zero attached hydrogens (tertiary/aromatic N) is 4. The van der Waals surface area contributed by atoms with Crippen LogP contribution in [0.3, 0.4) is 0 Å². The number of halogens is 1. The molecule has 0 spiro atoms. The highest BCUT2D eigenvalue weighted by atomic mass is 35.5. The first-order valence-corrected chi connectivity index (χ1v) is 9.29. The number of hydrogen-bond acceptors (Lipinski definition) is 4. The molecule has 0 aliphatic heterocycles. The van der Waals surface area contributed by atoms with Crippen molar-refractivity contribution in [2.75, 3.05) is 27.2 Å². The molecule has 0 fully saturated rings. The Morgan fingerprint density at radius 3 is 2.79 bits per heavy atom. The monoisotopic (exact) mass is 398 g/mol. The number of nitrogens with one attached hydrogen (secondary N) is 2. The molecule has 0 unspecified atom stereocenters. The fourth-order valence-electron chi connectivity index (χ4n) is 2.68. The number of H-pyrrole nitrogens is 1. The van der Waals surface area contributed by atoms with Crippen LogP contribution >= 0.6 is 11.6 Å². The smallest absolute Gasteiger partial charge is 0.232 e. The van der Waals surface area contributed by atoms with Gasteiger partial charge in [-0.25, -0.2) is 9.97 Å². The van der Waals surface area contributed by atoms with E-state index in [1.807, 2.05) is 36.3 Å². The third kappa shape index (κ3) is 5.23. The minimum atomic E-state index is 0.419. The van der Waals surface area contributed by atoms with Gasteiger partial charge in [-0.1, -0.05) is 41.9 Å². The largest absolute Gasteiger partial charge is 0.475 e. The van der Waals surface area contributed by atoms with Gasteiger partial charge in [-0.3, -0.25) is 4.99 Å². The third-order valence-electron chi connectivity index (χ3n) is 4.02. The summed E-state index contributed by atoms with van der Waals surface area (Å²) >= 11 is 6.03. The lowest BCUT2D eigenvalue weighted by molar-refractivity contribution is 0.307.